The van der Waals surface area contributed by atoms with Gasteiger partial charge in [0.25, 0.3) is 5.91 Å². The quantitative estimate of drug-likeness (QED) is 0.645. The third-order valence-electron chi connectivity index (χ3n) is 5.67. The normalized spacial score (nSPS) is 14.9. The number of imidazole rings is 1. The highest BCUT2D eigenvalue weighted by molar-refractivity contribution is 5.94. The smallest absolute Gasteiger partial charge is 0.337 e. The Morgan fingerprint density at radius 2 is 1.87 bits per heavy atom. The third kappa shape index (κ3) is 4.58. The summed E-state index contributed by atoms with van der Waals surface area (Å²) in [5, 5.41) is 3.19. The number of aromatic nitrogens is 2. The number of fused-ring (bicyclic) bond motifs is 1. The van der Waals surface area contributed by atoms with Crippen LogP contribution >= 0.6 is 0 Å². The molecule has 1 aliphatic heterocycles. The molecule has 3 heterocycles. The fourth-order valence-electron chi connectivity index (χ4n) is 4.02. The zero-order valence-corrected chi connectivity index (χ0v) is 17.4. The van der Waals surface area contributed by atoms with Crippen molar-refractivity contribution in [2.24, 2.45) is 0 Å². The first kappa shape index (κ1) is 21.4. The van der Waals surface area contributed by atoms with Crippen LogP contribution in [0, 0.1) is 6.92 Å². The number of carbonyl (C=O) groups excluding carboxylic acids is 1. The Balaban J connectivity index is 1.58. The number of rotatable bonds is 5. The van der Waals surface area contributed by atoms with Gasteiger partial charge in [0.05, 0.1) is 11.3 Å². The lowest BCUT2D eigenvalue weighted by Gasteiger charge is -2.26. The molecule has 1 saturated heterocycles. The highest BCUT2D eigenvalue weighted by Gasteiger charge is 2.30. The molecule has 0 atom stereocenters. The molecule has 5 nitrogen and oxygen atoms in total. The van der Waals surface area contributed by atoms with E-state index in [9.17, 15) is 18.0 Å². The van der Waals surface area contributed by atoms with Crippen molar-refractivity contribution in [3.63, 3.8) is 0 Å². The Labute approximate surface area is 178 Å². The minimum Gasteiger partial charge on any atom is -0.337 e. The predicted octanol–water partition coefficient (Wildman–Crippen LogP) is 4.58. The van der Waals surface area contributed by atoms with Crippen LogP contribution in [-0.2, 0) is 19.3 Å². The largest absolute Gasteiger partial charge is 0.416 e. The van der Waals surface area contributed by atoms with E-state index >= 15 is 0 Å². The van der Waals surface area contributed by atoms with Gasteiger partial charge in [-0.15, -0.1) is 0 Å². The van der Waals surface area contributed by atoms with Gasteiger partial charge in [0.1, 0.15) is 5.65 Å². The molecule has 1 aromatic carbocycles. The minimum atomic E-state index is -4.37. The second kappa shape index (κ2) is 8.70. The molecule has 0 aliphatic carbocycles. The van der Waals surface area contributed by atoms with Gasteiger partial charge in [-0.1, -0.05) is 24.3 Å². The second-order valence-corrected chi connectivity index (χ2v) is 7.95. The number of hydrogen-bond donors (Lipinski definition) is 1. The first-order chi connectivity index (χ1) is 14.8. The minimum absolute atomic E-state index is 0.0846. The van der Waals surface area contributed by atoms with Gasteiger partial charge in [-0.2, -0.15) is 13.2 Å². The monoisotopic (exact) mass is 430 g/mol. The molecular formula is C23H25F3N4O. The first-order valence-electron chi connectivity index (χ1n) is 10.5. The molecule has 0 saturated carbocycles. The van der Waals surface area contributed by atoms with Crippen molar-refractivity contribution < 1.29 is 18.0 Å². The summed E-state index contributed by atoms with van der Waals surface area (Å²) >= 11 is 0. The molecule has 0 unspecified atom stereocenters. The molecule has 164 valence electrons. The van der Waals surface area contributed by atoms with Crippen LogP contribution in [0.25, 0.3) is 5.65 Å². The number of nitrogens with zero attached hydrogens (tertiary/aromatic N) is 3. The lowest BCUT2D eigenvalue weighted by Crippen LogP contribution is -2.36. The number of amides is 1. The predicted molar refractivity (Wildman–Crippen MR) is 112 cm³/mol. The molecule has 1 N–H and O–H groups in total. The Hall–Kier alpha value is -2.87. The zero-order chi connectivity index (χ0) is 22.0. The number of likely N-dealkylation sites (tertiary alicyclic amines) is 1. The lowest BCUT2D eigenvalue weighted by molar-refractivity contribution is -0.137. The van der Waals surface area contributed by atoms with E-state index < -0.39 is 11.7 Å². The molecule has 0 spiro atoms. The summed E-state index contributed by atoms with van der Waals surface area (Å²) < 4.78 is 40.8. The molecule has 31 heavy (non-hydrogen) atoms. The van der Waals surface area contributed by atoms with Crippen molar-refractivity contribution in [3.05, 3.63) is 70.7 Å². The maximum atomic E-state index is 13.2. The van der Waals surface area contributed by atoms with Crippen molar-refractivity contribution in [2.75, 3.05) is 13.1 Å². The van der Waals surface area contributed by atoms with Crippen molar-refractivity contribution in [1.29, 1.82) is 0 Å². The SMILES string of the molecule is Cc1cccn2c(CNCc3cccc(C(F)(F)F)c3)c(C(=O)N3CCCCC3)nc12. The van der Waals surface area contributed by atoms with Crippen LogP contribution in [0.2, 0.25) is 0 Å². The van der Waals surface area contributed by atoms with Crippen LogP contribution in [-0.4, -0.2) is 33.3 Å². The lowest BCUT2D eigenvalue weighted by atomic mass is 10.1. The molecule has 0 bridgehead atoms. The fraction of sp³-hybridized carbons (Fsp3) is 0.391. The van der Waals surface area contributed by atoms with E-state index in [1.807, 2.05) is 34.6 Å². The van der Waals surface area contributed by atoms with Crippen molar-refractivity contribution in [2.45, 2.75) is 45.5 Å². The zero-order valence-electron chi connectivity index (χ0n) is 17.4. The van der Waals surface area contributed by atoms with Gasteiger partial charge < -0.3 is 14.6 Å². The number of piperidine rings is 1. The number of hydrogen-bond acceptors (Lipinski definition) is 3. The Bertz CT molecular complexity index is 1080. The van der Waals surface area contributed by atoms with Crippen molar-refractivity contribution >= 4 is 11.6 Å². The fourth-order valence-corrected chi connectivity index (χ4v) is 4.02. The van der Waals surface area contributed by atoms with E-state index in [-0.39, 0.29) is 12.5 Å². The molecule has 1 aliphatic rings. The van der Waals surface area contributed by atoms with Crippen LogP contribution in [0.3, 0.4) is 0 Å². The molecule has 4 rings (SSSR count). The topological polar surface area (TPSA) is 49.6 Å². The Morgan fingerprint density at radius 3 is 2.61 bits per heavy atom. The van der Waals surface area contributed by atoms with Gasteiger partial charge in [0.2, 0.25) is 0 Å². The summed E-state index contributed by atoms with van der Waals surface area (Å²) in [6, 6.07) is 9.10. The molecule has 8 heteroatoms. The maximum Gasteiger partial charge on any atom is 0.416 e. The van der Waals surface area contributed by atoms with Crippen LogP contribution in [0.1, 0.15) is 52.1 Å². The van der Waals surface area contributed by atoms with Gasteiger partial charge in [0, 0.05) is 32.4 Å². The number of aryl methyl sites for hydroxylation is 1. The maximum absolute atomic E-state index is 13.2. The molecule has 2 aromatic heterocycles. The van der Waals surface area contributed by atoms with Crippen LogP contribution in [0.5, 0.6) is 0 Å². The number of carbonyl (C=O) groups is 1. The van der Waals surface area contributed by atoms with E-state index in [2.05, 4.69) is 10.3 Å². The van der Waals surface area contributed by atoms with E-state index in [1.165, 1.54) is 6.07 Å². The molecule has 0 radical (unpaired) electrons. The van der Waals surface area contributed by atoms with Gasteiger partial charge in [-0.3, -0.25) is 4.79 Å². The van der Waals surface area contributed by atoms with Crippen molar-refractivity contribution in [3.8, 4) is 0 Å². The third-order valence-corrected chi connectivity index (χ3v) is 5.67. The molecule has 3 aromatic rings. The van der Waals surface area contributed by atoms with E-state index in [0.717, 1.165) is 61.4 Å². The second-order valence-electron chi connectivity index (χ2n) is 7.95. The van der Waals surface area contributed by atoms with Gasteiger partial charge in [0.15, 0.2) is 5.69 Å². The highest BCUT2D eigenvalue weighted by Crippen LogP contribution is 2.29. The number of pyridine rings is 1. The average molecular weight is 430 g/mol. The first-order valence-corrected chi connectivity index (χ1v) is 10.5. The van der Waals surface area contributed by atoms with E-state index in [0.29, 0.717) is 17.8 Å². The Kier molecular flexibility index (Phi) is 6.00. The van der Waals surface area contributed by atoms with Crippen LogP contribution in [0.15, 0.2) is 42.6 Å². The highest BCUT2D eigenvalue weighted by atomic mass is 19.4. The summed E-state index contributed by atoms with van der Waals surface area (Å²) in [5.41, 5.74) is 2.67. The van der Waals surface area contributed by atoms with Crippen molar-refractivity contribution in [1.82, 2.24) is 19.6 Å². The van der Waals surface area contributed by atoms with Crippen LogP contribution < -0.4 is 5.32 Å². The van der Waals surface area contributed by atoms with Crippen LogP contribution in [0.4, 0.5) is 13.2 Å². The van der Waals surface area contributed by atoms with E-state index in [1.54, 1.807) is 6.07 Å². The summed E-state index contributed by atoms with van der Waals surface area (Å²) in [4.78, 5) is 19.7. The summed E-state index contributed by atoms with van der Waals surface area (Å²) in [7, 11) is 0. The molecule has 1 fully saturated rings. The number of nitrogens with one attached hydrogen (secondary N) is 1. The summed E-state index contributed by atoms with van der Waals surface area (Å²) in [6.45, 7) is 3.96. The molecule has 1 amide bonds. The van der Waals surface area contributed by atoms with Gasteiger partial charge >= 0.3 is 6.18 Å². The van der Waals surface area contributed by atoms with E-state index in [4.69, 9.17) is 0 Å². The van der Waals surface area contributed by atoms with Gasteiger partial charge in [-0.25, -0.2) is 4.98 Å². The summed E-state index contributed by atoms with van der Waals surface area (Å²) in [6.07, 6.45) is 0.592. The number of halogens is 3. The number of alkyl halides is 3. The average Bonchev–Trinajstić information content (AvgIpc) is 3.13. The summed E-state index contributed by atoms with van der Waals surface area (Å²) in [5.74, 6) is -0.0846. The Morgan fingerprint density at radius 1 is 1.10 bits per heavy atom. The standard InChI is InChI=1S/C23H25F3N4O/c1-16-7-6-12-30-19(15-27-14-17-8-5-9-18(13-17)23(24,25)26)20(28-21(16)30)22(31)29-10-3-2-4-11-29/h5-9,12-13,27H,2-4,10-11,14-15H2,1H3. The number of benzene rings is 1. The molecular weight excluding hydrogens is 405 g/mol. The van der Waals surface area contributed by atoms with Gasteiger partial charge in [-0.05, 0) is 49.4 Å².